The lowest BCUT2D eigenvalue weighted by Gasteiger charge is -2.19. The Labute approximate surface area is 160 Å². The number of carbonyl (C=O) groups excluding carboxylic acids is 2. The largest absolute Gasteiger partial charge is 0.459 e. The predicted octanol–water partition coefficient (Wildman–Crippen LogP) is 2.74. The van der Waals surface area contributed by atoms with Gasteiger partial charge in [-0.3, -0.25) is 9.59 Å². The first-order valence-corrected chi connectivity index (χ1v) is 8.85. The van der Waals surface area contributed by atoms with E-state index in [1.54, 1.807) is 20.8 Å². The molecule has 1 heterocycles. The molecule has 1 fully saturated rings. The van der Waals surface area contributed by atoms with Crippen molar-refractivity contribution in [2.45, 2.75) is 51.9 Å². The van der Waals surface area contributed by atoms with E-state index in [1.807, 2.05) is 0 Å². The zero-order valence-electron chi connectivity index (χ0n) is 15.8. The number of benzene rings is 1. The van der Waals surface area contributed by atoms with Crippen LogP contribution in [0.15, 0.2) is 24.4 Å². The van der Waals surface area contributed by atoms with Crippen molar-refractivity contribution in [3.05, 3.63) is 47.3 Å². The van der Waals surface area contributed by atoms with E-state index in [0.717, 1.165) is 18.2 Å². The van der Waals surface area contributed by atoms with E-state index in [4.69, 9.17) is 9.47 Å². The lowest BCUT2D eigenvalue weighted by atomic mass is 10.1. The summed E-state index contributed by atoms with van der Waals surface area (Å²) in [5.74, 6) is -2.93. The maximum Gasteiger partial charge on any atom is 0.328 e. The fourth-order valence-electron chi connectivity index (χ4n) is 2.84. The first kappa shape index (κ1) is 19.9. The Morgan fingerprint density at radius 1 is 1.29 bits per heavy atom. The van der Waals surface area contributed by atoms with E-state index in [-0.39, 0.29) is 24.6 Å². The second-order valence-corrected chi connectivity index (χ2v) is 7.72. The molecule has 150 valence electrons. The third-order valence-corrected chi connectivity index (χ3v) is 4.11. The summed E-state index contributed by atoms with van der Waals surface area (Å²) in [5, 5.41) is 7.63. The molecule has 0 unspecified atom stereocenters. The standard InChI is InChI=1S/C19H21F2N3O4/c1-19(2,3)28-17(25)9-24-8-12(22-23-24)10-27-18(26)15-7-13(15)14-6-11(20)4-5-16(14)21/h4-6,8,13,15H,7,9-10H2,1-3H3/t13-,15+/m0/s1. The monoisotopic (exact) mass is 393 g/mol. The molecule has 0 aliphatic heterocycles. The van der Waals surface area contributed by atoms with Crippen molar-refractivity contribution < 1.29 is 27.8 Å². The molecular weight excluding hydrogens is 372 g/mol. The number of esters is 2. The third-order valence-electron chi connectivity index (χ3n) is 4.11. The van der Waals surface area contributed by atoms with Gasteiger partial charge in [-0.25, -0.2) is 13.5 Å². The van der Waals surface area contributed by atoms with Crippen LogP contribution in [0.3, 0.4) is 0 Å². The van der Waals surface area contributed by atoms with Crippen LogP contribution in [0, 0.1) is 17.6 Å². The molecule has 0 bridgehead atoms. The minimum Gasteiger partial charge on any atom is -0.459 e. The fourth-order valence-corrected chi connectivity index (χ4v) is 2.84. The van der Waals surface area contributed by atoms with Gasteiger partial charge in [-0.1, -0.05) is 5.21 Å². The van der Waals surface area contributed by atoms with Crippen LogP contribution in [0.5, 0.6) is 0 Å². The molecule has 7 nitrogen and oxygen atoms in total. The van der Waals surface area contributed by atoms with E-state index >= 15 is 0 Å². The number of halogens is 2. The SMILES string of the molecule is CC(C)(C)OC(=O)Cn1cc(COC(=O)[C@@H]2C[C@H]2c2cc(F)ccc2F)nn1. The Morgan fingerprint density at radius 3 is 2.75 bits per heavy atom. The first-order valence-electron chi connectivity index (χ1n) is 8.85. The van der Waals surface area contributed by atoms with Crippen molar-refractivity contribution in [2.24, 2.45) is 5.92 Å². The summed E-state index contributed by atoms with van der Waals surface area (Å²) < 4.78 is 38.7. The normalized spacial score (nSPS) is 18.6. The van der Waals surface area contributed by atoms with E-state index < -0.39 is 35.1 Å². The number of rotatable bonds is 6. The maximum atomic E-state index is 13.8. The molecule has 0 N–H and O–H groups in total. The molecule has 3 rings (SSSR count). The first-order chi connectivity index (χ1) is 13.1. The van der Waals surface area contributed by atoms with Crippen LogP contribution < -0.4 is 0 Å². The minimum absolute atomic E-state index is 0.109. The van der Waals surface area contributed by atoms with Crippen LogP contribution in [-0.2, 0) is 32.2 Å². The van der Waals surface area contributed by atoms with Crippen LogP contribution in [0.1, 0.15) is 44.4 Å². The van der Waals surface area contributed by atoms with Crippen molar-refractivity contribution >= 4 is 11.9 Å². The van der Waals surface area contributed by atoms with Gasteiger partial charge >= 0.3 is 11.9 Å². The summed E-state index contributed by atoms with van der Waals surface area (Å²) in [6.45, 7) is 5.05. The summed E-state index contributed by atoms with van der Waals surface area (Å²) in [4.78, 5) is 23.9. The molecule has 0 saturated heterocycles. The summed E-state index contributed by atoms with van der Waals surface area (Å²) in [5.41, 5.74) is -0.0471. The molecule has 2 atom stereocenters. The number of hydrogen-bond acceptors (Lipinski definition) is 6. The molecule has 0 amide bonds. The molecule has 0 radical (unpaired) electrons. The second kappa shape index (κ2) is 7.65. The number of carbonyl (C=O) groups is 2. The maximum absolute atomic E-state index is 13.8. The topological polar surface area (TPSA) is 83.3 Å². The van der Waals surface area contributed by atoms with Crippen molar-refractivity contribution in [2.75, 3.05) is 0 Å². The second-order valence-electron chi connectivity index (χ2n) is 7.72. The quantitative estimate of drug-likeness (QED) is 0.702. The molecule has 0 spiro atoms. The van der Waals surface area contributed by atoms with E-state index in [2.05, 4.69) is 10.3 Å². The molecule has 9 heteroatoms. The van der Waals surface area contributed by atoms with Crippen molar-refractivity contribution in [1.82, 2.24) is 15.0 Å². The average molecular weight is 393 g/mol. The van der Waals surface area contributed by atoms with Gasteiger partial charge in [0.05, 0.1) is 12.1 Å². The molecule has 1 aromatic heterocycles. The highest BCUT2D eigenvalue weighted by molar-refractivity contribution is 5.77. The Kier molecular flexibility index (Phi) is 5.44. The Bertz CT molecular complexity index is 892. The average Bonchev–Trinajstić information content (AvgIpc) is 3.26. The zero-order valence-corrected chi connectivity index (χ0v) is 15.8. The smallest absolute Gasteiger partial charge is 0.328 e. The van der Waals surface area contributed by atoms with Crippen LogP contribution >= 0.6 is 0 Å². The summed E-state index contributed by atoms with van der Waals surface area (Å²) in [6.07, 6.45) is 1.89. The molecule has 1 aliphatic rings. The highest BCUT2D eigenvalue weighted by Gasteiger charge is 2.46. The van der Waals surface area contributed by atoms with Gasteiger partial charge in [-0.05, 0) is 51.0 Å². The van der Waals surface area contributed by atoms with Crippen LogP contribution in [0.25, 0.3) is 0 Å². The van der Waals surface area contributed by atoms with Gasteiger partial charge in [0.1, 0.15) is 36.1 Å². The van der Waals surface area contributed by atoms with Gasteiger partial charge in [0.15, 0.2) is 0 Å². The number of ether oxygens (including phenoxy) is 2. The van der Waals surface area contributed by atoms with Crippen LogP contribution in [0.4, 0.5) is 8.78 Å². The highest BCUT2D eigenvalue weighted by Crippen LogP contribution is 2.49. The fraction of sp³-hybridized carbons (Fsp3) is 0.474. The lowest BCUT2D eigenvalue weighted by molar-refractivity contribution is -0.155. The van der Waals surface area contributed by atoms with Crippen molar-refractivity contribution in [3.63, 3.8) is 0 Å². The number of hydrogen-bond donors (Lipinski definition) is 0. The van der Waals surface area contributed by atoms with Crippen LogP contribution in [-0.4, -0.2) is 32.5 Å². The molecule has 2 aromatic rings. The summed E-state index contributed by atoms with van der Waals surface area (Å²) in [7, 11) is 0. The zero-order chi connectivity index (χ0) is 20.5. The van der Waals surface area contributed by atoms with Gasteiger partial charge in [0.2, 0.25) is 0 Å². The van der Waals surface area contributed by atoms with E-state index in [1.165, 1.54) is 10.9 Å². The van der Waals surface area contributed by atoms with E-state index in [9.17, 15) is 18.4 Å². The Hall–Kier alpha value is -2.84. The predicted molar refractivity (Wildman–Crippen MR) is 92.9 cm³/mol. The van der Waals surface area contributed by atoms with Gasteiger partial charge in [0.25, 0.3) is 0 Å². The molecular formula is C19H21F2N3O4. The Balaban J connectivity index is 1.49. The molecule has 1 aliphatic carbocycles. The van der Waals surface area contributed by atoms with Gasteiger partial charge in [0, 0.05) is 5.92 Å². The van der Waals surface area contributed by atoms with E-state index in [0.29, 0.717) is 12.1 Å². The highest BCUT2D eigenvalue weighted by atomic mass is 19.1. The Morgan fingerprint density at radius 2 is 2.04 bits per heavy atom. The lowest BCUT2D eigenvalue weighted by Crippen LogP contribution is -2.26. The molecule has 1 saturated carbocycles. The number of nitrogens with zero attached hydrogens (tertiary/aromatic N) is 3. The van der Waals surface area contributed by atoms with Crippen molar-refractivity contribution in [3.8, 4) is 0 Å². The summed E-state index contributed by atoms with van der Waals surface area (Å²) >= 11 is 0. The minimum atomic E-state index is -0.599. The third kappa shape index (κ3) is 5.11. The van der Waals surface area contributed by atoms with Crippen LogP contribution in [0.2, 0.25) is 0 Å². The van der Waals surface area contributed by atoms with Gasteiger partial charge in [-0.15, -0.1) is 5.10 Å². The van der Waals surface area contributed by atoms with Gasteiger partial charge in [-0.2, -0.15) is 0 Å². The molecule has 1 aromatic carbocycles. The molecule has 28 heavy (non-hydrogen) atoms. The summed E-state index contributed by atoms with van der Waals surface area (Å²) in [6, 6.07) is 3.19. The van der Waals surface area contributed by atoms with Crippen molar-refractivity contribution in [1.29, 1.82) is 0 Å². The van der Waals surface area contributed by atoms with Gasteiger partial charge < -0.3 is 9.47 Å². The number of aromatic nitrogens is 3.